The summed E-state index contributed by atoms with van der Waals surface area (Å²) in [7, 11) is 3.51. The summed E-state index contributed by atoms with van der Waals surface area (Å²) in [6.45, 7) is 0.731. The molecule has 0 bridgehead atoms. The Morgan fingerprint density at radius 2 is 2.15 bits per heavy atom. The van der Waals surface area contributed by atoms with Gasteiger partial charge in [0.25, 0.3) is 5.88 Å². The Hall–Kier alpha value is -1.98. The van der Waals surface area contributed by atoms with Crippen LogP contribution in [0.2, 0.25) is 0 Å². The van der Waals surface area contributed by atoms with Crippen LogP contribution in [-0.4, -0.2) is 26.7 Å². The second-order valence-corrected chi connectivity index (χ2v) is 5.35. The Balaban J connectivity index is 1.63. The summed E-state index contributed by atoms with van der Waals surface area (Å²) in [5, 5.41) is 12.0. The lowest BCUT2D eigenvalue weighted by atomic mass is 10.2. The molecule has 6 heteroatoms. The molecule has 108 valence electrons. The predicted molar refractivity (Wildman–Crippen MR) is 76.8 cm³/mol. The molecule has 2 aromatic heterocycles. The number of nitrogens with one attached hydrogen (secondary N) is 1. The molecule has 2 aromatic rings. The number of aromatic nitrogens is 4. The second-order valence-electron chi connectivity index (χ2n) is 5.35. The van der Waals surface area contributed by atoms with Crippen LogP contribution in [0.15, 0.2) is 18.6 Å². The topological polar surface area (TPSA) is 56.9 Å². The highest BCUT2D eigenvalue weighted by Crippen LogP contribution is 2.29. The highest BCUT2D eigenvalue weighted by atomic mass is 16.5. The van der Waals surface area contributed by atoms with Gasteiger partial charge in [-0.1, -0.05) is 12.8 Å². The summed E-state index contributed by atoms with van der Waals surface area (Å²) in [4.78, 5) is 0. The maximum absolute atomic E-state index is 5.23. The molecule has 6 nitrogen and oxygen atoms in total. The number of rotatable bonds is 5. The zero-order valence-electron chi connectivity index (χ0n) is 12.0. The average molecular weight is 275 g/mol. The van der Waals surface area contributed by atoms with Gasteiger partial charge in [-0.05, 0) is 12.8 Å². The van der Waals surface area contributed by atoms with Crippen molar-refractivity contribution < 1.29 is 4.74 Å². The van der Waals surface area contributed by atoms with Crippen LogP contribution in [0.5, 0.6) is 5.88 Å². The number of methoxy groups -OCH3 is 1. The van der Waals surface area contributed by atoms with E-state index >= 15 is 0 Å². The van der Waals surface area contributed by atoms with Crippen LogP contribution in [0.4, 0.5) is 5.69 Å². The Kier molecular flexibility index (Phi) is 3.62. The Morgan fingerprint density at radius 1 is 1.35 bits per heavy atom. The number of ether oxygens (including phenoxy) is 1. The zero-order chi connectivity index (χ0) is 13.9. The van der Waals surface area contributed by atoms with Crippen LogP contribution in [0, 0.1) is 0 Å². The van der Waals surface area contributed by atoms with Gasteiger partial charge in [0.1, 0.15) is 5.69 Å². The molecule has 20 heavy (non-hydrogen) atoms. The van der Waals surface area contributed by atoms with E-state index in [-0.39, 0.29) is 0 Å². The molecule has 1 N–H and O–H groups in total. The fourth-order valence-corrected chi connectivity index (χ4v) is 2.77. The summed E-state index contributed by atoms with van der Waals surface area (Å²) in [5.74, 6) is 0.621. The first kappa shape index (κ1) is 13.0. The van der Waals surface area contributed by atoms with E-state index in [9.17, 15) is 0 Å². The van der Waals surface area contributed by atoms with Crippen molar-refractivity contribution >= 4 is 5.69 Å². The van der Waals surface area contributed by atoms with Crippen LogP contribution in [0.1, 0.15) is 37.3 Å². The van der Waals surface area contributed by atoms with E-state index in [1.165, 1.54) is 31.2 Å². The van der Waals surface area contributed by atoms with Gasteiger partial charge < -0.3 is 10.1 Å². The molecule has 1 fully saturated rings. The molecular weight excluding hydrogens is 254 g/mol. The van der Waals surface area contributed by atoms with Crippen molar-refractivity contribution in [3.63, 3.8) is 0 Å². The highest BCUT2D eigenvalue weighted by molar-refractivity contribution is 5.51. The van der Waals surface area contributed by atoms with Gasteiger partial charge in [0.15, 0.2) is 0 Å². The van der Waals surface area contributed by atoms with Crippen molar-refractivity contribution in [2.45, 2.75) is 38.3 Å². The molecule has 0 atom stereocenters. The molecule has 0 aliphatic heterocycles. The SMILES string of the molecule is COc1nn(C)cc1NCc1cnn(C2CCCC2)c1. The minimum atomic E-state index is 0.594. The first-order valence-corrected chi connectivity index (χ1v) is 7.11. The van der Waals surface area contributed by atoms with Gasteiger partial charge in [-0.3, -0.25) is 9.36 Å². The second kappa shape index (κ2) is 5.56. The maximum atomic E-state index is 5.23. The van der Waals surface area contributed by atoms with E-state index in [0.29, 0.717) is 11.9 Å². The molecule has 2 heterocycles. The first-order chi connectivity index (χ1) is 9.76. The van der Waals surface area contributed by atoms with E-state index in [4.69, 9.17) is 4.74 Å². The van der Waals surface area contributed by atoms with E-state index in [1.807, 2.05) is 19.4 Å². The van der Waals surface area contributed by atoms with Gasteiger partial charge in [-0.15, -0.1) is 5.10 Å². The molecule has 0 spiro atoms. The number of anilines is 1. The van der Waals surface area contributed by atoms with E-state index in [2.05, 4.69) is 26.4 Å². The molecule has 1 aliphatic rings. The van der Waals surface area contributed by atoms with E-state index in [0.717, 1.165) is 12.2 Å². The zero-order valence-corrected chi connectivity index (χ0v) is 12.0. The summed E-state index contributed by atoms with van der Waals surface area (Å²) < 4.78 is 9.08. The molecule has 1 aliphatic carbocycles. The van der Waals surface area contributed by atoms with Gasteiger partial charge in [0, 0.05) is 25.4 Å². The Labute approximate surface area is 118 Å². The lowest BCUT2D eigenvalue weighted by molar-refractivity contribution is 0.393. The van der Waals surface area contributed by atoms with Crippen molar-refractivity contribution in [3.05, 3.63) is 24.2 Å². The fraction of sp³-hybridized carbons (Fsp3) is 0.571. The highest BCUT2D eigenvalue weighted by Gasteiger charge is 2.17. The third kappa shape index (κ3) is 2.64. The Morgan fingerprint density at radius 3 is 2.90 bits per heavy atom. The Bertz CT molecular complexity index is 568. The lowest BCUT2D eigenvalue weighted by Crippen LogP contribution is -2.04. The molecule has 0 unspecified atom stereocenters. The number of aryl methyl sites for hydroxylation is 1. The third-order valence-electron chi connectivity index (χ3n) is 3.83. The molecule has 0 amide bonds. The predicted octanol–water partition coefficient (Wildman–Crippen LogP) is 2.35. The van der Waals surface area contributed by atoms with Crippen molar-refractivity contribution in [2.75, 3.05) is 12.4 Å². The van der Waals surface area contributed by atoms with Gasteiger partial charge in [-0.2, -0.15) is 5.10 Å². The average Bonchev–Trinajstić information content (AvgIpc) is 3.16. The number of hydrogen-bond donors (Lipinski definition) is 1. The minimum absolute atomic E-state index is 0.594. The summed E-state index contributed by atoms with van der Waals surface area (Å²) in [6.07, 6.45) is 11.2. The van der Waals surface area contributed by atoms with Gasteiger partial charge >= 0.3 is 0 Å². The van der Waals surface area contributed by atoms with Crippen molar-refractivity contribution in [1.82, 2.24) is 19.6 Å². The number of hydrogen-bond acceptors (Lipinski definition) is 4. The minimum Gasteiger partial charge on any atom is -0.478 e. The standard InChI is InChI=1S/C14H21N5O/c1-18-10-13(14(17-18)20-2)15-7-11-8-16-19(9-11)12-5-3-4-6-12/h8-10,12,15H,3-7H2,1-2H3. The fourth-order valence-electron chi connectivity index (χ4n) is 2.77. The van der Waals surface area contributed by atoms with Gasteiger partial charge in [0.05, 0.1) is 25.5 Å². The summed E-state index contributed by atoms with van der Waals surface area (Å²) in [6, 6.07) is 0.594. The van der Waals surface area contributed by atoms with Crippen molar-refractivity contribution in [1.29, 1.82) is 0 Å². The van der Waals surface area contributed by atoms with Crippen LogP contribution < -0.4 is 10.1 Å². The molecule has 0 aromatic carbocycles. The quantitative estimate of drug-likeness (QED) is 0.910. The van der Waals surface area contributed by atoms with Crippen molar-refractivity contribution in [3.8, 4) is 5.88 Å². The molecule has 1 saturated carbocycles. The normalized spacial score (nSPS) is 15.7. The van der Waals surface area contributed by atoms with Gasteiger partial charge in [-0.25, -0.2) is 0 Å². The van der Waals surface area contributed by atoms with Crippen LogP contribution >= 0.6 is 0 Å². The first-order valence-electron chi connectivity index (χ1n) is 7.11. The molecule has 0 radical (unpaired) electrons. The van der Waals surface area contributed by atoms with E-state index in [1.54, 1.807) is 11.8 Å². The molecule has 3 rings (SSSR count). The van der Waals surface area contributed by atoms with Gasteiger partial charge in [0.2, 0.25) is 0 Å². The summed E-state index contributed by atoms with van der Waals surface area (Å²) in [5.41, 5.74) is 2.09. The third-order valence-corrected chi connectivity index (χ3v) is 3.83. The van der Waals surface area contributed by atoms with Crippen molar-refractivity contribution in [2.24, 2.45) is 7.05 Å². The summed E-state index contributed by atoms with van der Waals surface area (Å²) >= 11 is 0. The molecular formula is C14H21N5O. The molecule has 0 saturated heterocycles. The largest absolute Gasteiger partial charge is 0.478 e. The van der Waals surface area contributed by atoms with Crippen LogP contribution in [-0.2, 0) is 13.6 Å². The number of nitrogens with zero attached hydrogens (tertiary/aromatic N) is 4. The monoisotopic (exact) mass is 275 g/mol. The van der Waals surface area contributed by atoms with Crippen LogP contribution in [0.3, 0.4) is 0 Å². The lowest BCUT2D eigenvalue weighted by Gasteiger charge is -2.08. The maximum Gasteiger partial charge on any atom is 0.256 e. The van der Waals surface area contributed by atoms with Crippen LogP contribution in [0.25, 0.3) is 0 Å². The smallest absolute Gasteiger partial charge is 0.256 e. The van der Waals surface area contributed by atoms with E-state index < -0.39 is 0 Å².